The standard InChI is InChI=1S/C58H34N4O/c1-3-15-36(16-4-1)55-48-34-51-54(46-24-12-14-26-50(46)63-51)52(53(48)45-23-11-13-25-49(45)59-55)35-27-29-38(30-28-35)57-60-56(37-17-5-2-6-18-37)61-58(62-57)39-31-32-44-42-21-8-7-19-40(42)41-20-9-10-22-43(41)47(44)33-39/h1-34H. The third-order valence-corrected chi connectivity index (χ3v) is 12.5. The molecule has 0 saturated heterocycles. The van der Waals surface area contributed by atoms with Crippen molar-refractivity contribution in [2.24, 2.45) is 0 Å². The topological polar surface area (TPSA) is 64.7 Å². The van der Waals surface area contributed by atoms with Crippen LogP contribution in [0.25, 0.3) is 132 Å². The second kappa shape index (κ2) is 14.0. The van der Waals surface area contributed by atoms with Gasteiger partial charge in [-0.1, -0.05) is 182 Å². The highest BCUT2D eigenvalue weighted by Gasteiger charge is 2.22. The summed E-state index contributed by atoms with van der Waals surface area (Å²) in [6.45, 7) is 0. The molecular formula is C58H34N4O. The van der Waals surface area contributed by atoms with E-state index in [1.54, 1.807) is 0 Å². The summed E-state index contributed by atoms with van der Waals surface area (Å²) >= 11 is 0. The number of nitrogens with zero attached hydrogens (tertiary/aromatic N) is 4. The number of aromatic nitrogens is 4. The Morgan fingerprint density at radius 2 is 0.746 bits per heavy atom. The van der Waals surface area contributed by atoms with Crippen molar-refractivity contribution >= 4 is 75.9 Å². The predicted molar refractivity (Wildman–Crippen MR) is 260 cm³/mol. The summed E-state index contributed by atoms with van der Waals surface area (Å²) in [7, 11) is 0. The molecule has 0 aliphatic carbocycles. The Bertz CT molecular complexity index is 3920. The van der Waals surface area contributed by atoms with Gasteiger partial charge in [0.15, 0.2) is 17.5 Å². The monoisotopic (exact) mass is 802 g/mol. The van der Waals surface area contributed by atoms with E-state index >= 15 is 0 Å². The van der Waals surface area contributed by atoms with Crippen molar-refractivity contribution in [2.75, 3.05) is 0 Å². The predicted octanol–water partition coefficient (Wildman–Crippen LogP) is 15.3. The molecule has 0 fully saturated rings. The Morgan fingerprint density at radius 1 is 0.270 bits per heavy atom. The van der Waals surface area contributed by atoms with Crippen LogP contribution in [-0.2, 0) is 0 Å². The first-order valence-electron chi connectivity index (χ1n) is 21.2. The lowest BCUT2D eigenvalue weighted by Crippen LogP contribution is -2.00. The minimum absolute atomic E-state index is 0.603. The molecule has 13 aromatic rings. The molecule has 0 radical (unpaired) electrons. The number of rotatable bonds is 5. The highest BCUT2D eigenvalue weighted by atomic mass is 16.3. The van der Waals surface area contributed by atoms with Gasteiger partial charge in [-0.05, 0) is 62.1 Å². The molecule has 0 spiro atoms. The zero-order valence-electron chi connectivity index (χ0n) is 33.8. The van der Waals surface area contributed by atoms with Crippen LogP contribution in [0.1, 0.15) is 0 Å². The van der Waals surface area contributed by atoms with E-state index in [9.17, 15) is 0 Å². The van der Waals surface area contributed by atoms with Gasteiger partial charge in [0, 0.05) is 54.7 Å². The molecule has 3 aromatic heterocycles. The minimum atomic E-state index is 0.603. The van der Waals surface area contributed by atoms with Crippen molar-refractivity contribution in [3.8, 4) is 56.5 Å². The molecule has 0 aliphatic heterocycles. The number of furan rings is 1. The van der Waals surface area contributed by atoms with Gasteiger partial charge < -0.3 is 4.42 Å². The van der Waals surface area contributed by atoms with Crippen molar-refractivity contribution < 1.29 is 4.42 Å². The van der Waals surface area contributed by atoms with E-state index in [-0.39, 0.29) is 0 Å². The largest absolute Gasteiger partial charge is 0.456 e. The Hall–Kier alpha value is -8.54. The average molecular weight is 803 g/mol. The molecule has 5 heteroatoms. The molecule has 0 bridgehead atoms. The fourth-order valence-electron chi connectivity index (χ4n) is 9.60. The van der Waals surface area contributed by atoms with Crippen LogP contribution in [0, 0.1) is 0 Å². The van der Waals surface area contributed by atoms with E-state index in [0.29, 0.717) is 17.5 Å². The molecule has 10 aromatic carbocycles. The molecule has 0 aliphatic rings. The van der Waals surface area contributed by atoms with Crippen molar-refractivity contribution in [2.45, 2.75) is 0 Å². The van der Waals surface area contributed by atoms with Crippen LogP contribution in [0.3, 0.4) is 0 Å². The molecule has 0 amide bonds. The van der Waals surface area contributed by atoms with Crippen LogP contribution < -0.4 is 0 Å². The van der Waals surface area contributed by atoms with E-state index in [2.05, 4.69) is 170 Å². The molecule has 63 heavy (non-hydrogen) atoms. The fourth-order valence-corrected chi connectivity index (χ4v) is 9.60. The Labute approximate surface area is 361 Å². The van der Waals surface area contributed by atoms with Crippen LogP contribution in [0.4, 0.5) is 0 Å². The van der Waals surface area contributed by atoms with Crippen molar-refractivity contribution in [1.29, 1.82) is 0 Å². The summed E-state index contributed by atoms with van der Waals surface area (Å²) in [6.07, 6.45) is 0. The maximum Gasteiger partial charge on any atom is 0.164 e. The van der Waals surface area contributed by atoms with E-state index < -0.39 is 0 Å². The Morgan fingerprint density at radius 3 is 1.41 bits per heavy atom. The third kappa shape index (κ3) is 5.64. The highest BCUT2D eigenvalue weighted by Crippen LogP contribution is 2.46. The van der Waals surface area contributed by atoms with Crippen molar-refractivity contribution in [1.82, 2.24) is 19.9 Å². The third-order valence-electron chi connectivity index (χ3n) is 12.5. The number of fused-ring (bicyclic) bond motifs is 12. The van der Waals surface area contributed by atoms with Gasteiger partial charge in [-0.3, -0.25) is 0 Å². The maximum atomic E-state index is 6.65. The van der Waals surface area contributed by atoms with Gasteiger partial charge in [-0.25, -0.2) is 19.9 Å². The van der Waals surface area contributed by atoms with Gasteiger partial charge in [0.05, 0.1) is 11.2 Å². The SMILES string of the molecule is c1ccc(-c2nc(-c3ccc(-c4c5c(cc6c(-c7ccccc7)nc7ccccc7c46)oc4ccccc45)cc3)nc(-c3ccc4c5ccccc5c5ccccc5c4c3)n2)cc1. The van der Waals surface area contributed by atoms with Crippen LogP contribution in [-0.4, -0.2) is 19.9 Å². The Kier molecular flexibility index (Phi) is 7.84. The second-order valence-electron chi connectivity index (χ2n) is 16.1. The number of pyridine rings is 1. The number of benzene rings is 10. The van der Waals surface area contributed by atoms with Crippen LogP contribution in [0.2, 0.25) is 0 Å². The first kappa shape index (κ1) is 35.2. The smallest absolute Gasteiger partial charge is 0.164 e. The van der Waals surface area contributed by atoms with Gasteiger partial charge in [-0.2, -0.15) is 0 Å². The summed E-state index contributed by atoms with van der Waals surface area (Å²) in [5, 5.41) is 12.7. The Balaban J connectivity index is 1.03. The highest BCUT2D eigenvalue weighted by molar-refractivity contribution is 6.28. The zero-order valence-corrected chi connectivity index (χ0v) is 33.8. The van der Waals surface area contributed by atoms with Crippen molar-refractivity contribution in [3.05, 3.63) is 206 Å². The zero-order chi connectivity index (χ0) is 41.4. The van der Waals surface area contributed by atoms with Gasteiger partial charge in [0.1, 0.15) is 11.2 Å². The van der Waals surface area contributed by atoms with E-state index in [1.165, 1.54) is 32.3 Å². The first-order chi connectivity index (χ1) is 31.2. The van der Waals surface area contributed by atoms with Crippen molar-refractivity contribution in [3.63, 3.8) is 0 Å². The maximum absolute atomic E-state index is 6.65. The quantitative estimate of drug-likeness (QED) is 0.162. The number of para-hydroxylation sites is 2. The van der Waals surface area contributed by atoms with Crippen LogP contribution >= 0.6 is 0 Å². The molecule has 0 N–H and O–H groups in total. The summed E-state index contributed by atoms with van der Waals surface area (Å²) in [6, 6.07) is 72.1. The second-order valence-corrected chi connectivity index (χ2v) is 16.1. The van der Waals surface area contributed by atoms with Gasteiger partial charge in [-0.15, -0.1) is 0 Å². The average Bonchev–Trinajstić information content (AvgIpc) is 3.74. The summed E-state index contributed by atoms with van der Waals surface area (Å²) in [5.41, 5.74) is 9.49. The fraction of sp³-hybridized carbons (Fsp3) is 0. The normalized spacial score (nSPS) is 11.8. The molecule has 13 rings (SSSR count). The van der Waals surface area contributed by atoms with Gasteiger partial charge in [0.2, 0.25) is 0 Å². The summed E-state index contributed by atoms with van der Waals surface area (Å²) in [4.78, 5) is 20.8. The minimum Gasteiger partial charge on any atom is -0.456 e. The molecule has 0 atom stereocenters. The van der Waals surface area contributed by atoms with E-state index in [1.807, 2.05) is 36.4 Å². The summed E-state index contributed by atoms with van der Waals surface area (Å²) < 4.78 is 6.65. The van der Waals surface area contributed by atoms with E-state index in [4.69, 9.17) is 24.4 Å². The van der Waals surface area contributed by atoms with Gasteiger partial charge in [0.25, 0.3) is 0 Å². The molecule has 0 saturated carbocycles. The lowest BCUT2D eigenvalue weighted by Gasteiger charge is -2.16. The number of hydrogen-bond donors (Lipinski definition) is 0. The van der Waals surface area contributed by atoms with Crippen LogP contribution in [0.5, 0.6) is 0 Å². The first-order valence-corrected chi connectivity index (χ1v) is 21.2. The van der Waals surface area contributed by atoms with Crippen LogP contribution in [0.15, 0.2) is 211 Å². The number of hydrogen-bond acceptors (Lipinski definition) is 5. The molecule has 3 heterocycles. The molecule has 5 nitrogen and oxygen atoms in total. The molecular weight excluding hydrogens is 769 g/mol. The summed E-state index contributed by atoms with van der Waals surface area (Å²) in [5.74, 6) is 1.85. The van der Waals surface area contributed by atoms with Gasteiger partial charge >= 0.3 is 0 Å². The lowest BCUT2D eigenvalue weighted by atomic mass is 9.89. The lowest BCUT2D eigenvalue weighted by molar-refractivity contribution is 0.669. The van der Waals surface area contributed by atoms with E-state index in [0.717, 1.165) is 82.7 Å². The molecule has 0 unspecified atom stereocenters. The molecule has 292 valence electrons.